The maximum Gasteiger partial charge on any atom is 0.325 e. The molecule has 1 aliphatic rings. The van der Waals surface area contributed by atoms with Crippen molar-refractivity contribution in [1.29, 1.82) is 0 Å². The minimum atomic E-state index is -2.46. The second kappa shape index (κ2) is 13.3. The van der Waals surface area contributed by atoms with Gasteiger partial charge in [-0.25, -0.2) is 0 Å². The van der Waals surface area contributed by atoms with Gasteiger partial charge in [-0.15, -0.1) is 0 Å². The molecule has 0 bridgehead atoms. The van der Waals surface area contributed by atoms with E-state index in [9.17, 15) is 24.0 Å². The summed E-state index contributed by atoms with van der Waals surface area (Å²) < 4.78 is 21.3. The molecular formula is C29H38O9. The number of ketones is 1. The minimum absolute atomic E-state index is 0.106. The fraction of sp³-hybridized carbons (Fsp3) is 0.552. The van der Waals surface area contributed by atoms with Gasteiger partial charge < -0.3 is 18.9 Å². The molecule has 2 rings (SSSR count). The van der Waals surface area contributed by atoms with Crippen LogP contribution in [0.5, 0.6) is 0 Å². The van der Waals surface area contributed by atoms with E-state index in [0.717, 1.165) is 0 Å². The Morgan fingerprint density at radius 3 is 1.53 bits per heavy atom. The number of ether oxygens (including phenoxy) is 4. The second-order valence-electron chi connectivity index (χ2n) is 9.03. The maximum atomic E-state index is 13.8. The van der Waals surface area contributed by atoms with Crippen LogP contribution in [0.1, 0.15) is 71.2 Å². The largest absolute Gasteiger partial charge is 0.465 e. The topological polar surface area (TPSA) is 122 Å². The summed E-state index contributed by atoms with van der Waals surface area (Å²) >= 11 is 0. The summed E-state index contributed by atoms with van der Waals surface area (Å²) in [5.41, 5.74) is -3.53. The lowest BCUT2D eigenvalue weighted by atomic mass is 9.51. The van der Waals surface area contributed by atoms with E-state index in [1.54, 1.807) is 71.9 Å². The quantitative estimate of drug-likeness (QED) is 0.136. The molecule has 208 valence electrons. The lowest BCUT2D eigenvalue weighted by Crippen LogP contribution is -2.65. The predicted octanol–water partition coefficient (Wildman–Crippen LogP) is 4.23. The van der Waals surface area contributed by atoms with Crippen molar-refractivity contribution in [3.8, 4) is 0 Å². The van der Waals surface area contributed by atoms with E-state index in [1.807, 2.05) is 0 Å². The molecule has 0 spiro atoms. The van der Waals surface area contributed by atoms with Crippen molar-refractivity contribution in [2.45, 2.75) is 60.8 Å². The summed E-state index contributed by atoms with van der Waals surface area (Å²) in [4.78, 5) is 68.6. The molecule has 1 aromatic carbocycles. The molecule has 1 atom stereocenters. The van der Waals surface area contributed by atoms with Crippen LogP contribution in [0.15, 0.2) is 41.5 Å². The van der Waals surface area contributed by atoms with Crippen molar-refractivity contribution in [2.24, 2.45) is 16.7 Å². The van der Waals surface area contributed by atoms with Crippen LogP contribution < -0.4 is 0 Å². The number of carbonyl (C=O) groups is 5. The second-order valence-corrected chi connectivity index (χ2v) is 9.03. The number of hydrogen-bond donors (Lipinski definition) is 0. The lowest BCUT2D eigenvalue weighted by Gasteiger charge is -2.48. The number of carbonyl (C=O) groups excluding carboxylic acids is 5. The standard InChI is InChI=1S/C29H38O9/c1-7-21(23(30)20-15-13-12-14-16-20)22-18-29(26(33)37-10-4,27(34)38-11-5)28(17-19(22)6,24(31)35-8-2)25(32)36-9-3/h12-16,19H,7-11,17-18H2,1-6H3/b22-21-. The summed E-state index contributed by atoms with van der Waals surface area (Å²) in [5, 5.41) is 0. The molecule has 1 aromatic rings. The van der Waals surface area contributed by atoms with Crippen molar-refractivity contribution < 1.29 is 42.9 Å². The average Bonchev–Trinajstić information content (AvgIpc) is 2.90. The van der Waals surface area contributed by atoms with Crippen LogP contribution in [0.3, 0.4) is 0 Å². The Hall–Kier alpha value is -3.49. The highest BCUT2D eigenvalue weighted by Gasteiger charge is 2.75. The van der Waals surface area contributed by atoms with E-state index in [2.05, 4.69) is 0 Å². The van der Waals surface area contributed by atoms with Crippen molar-refractivity contribution >= 4 is 29.7 Å². The van der Waals surface area contributed by atoms with Gasteiger partial charge in [0.15, 0.2) is 16.6 Å². The fourth-order valence-electron chi connectivity index (χ4n) is 5.26. The first kappa shape index (κ1) is 30.7. The van der Waals surface area contributed by atoms with Gasteiger partial charge in [0, 0.05) is 5.56 Å². The molecule has 38 heavy (non-hydrogen) atoms. The normalized spacial score (nSPS) is 19.1. The molecule has 0 aromatic heterocycles. The van der Waals surface area contributed by atoms with Crippen molar-refractivity contribution in [3.05, 3.63) is 47.0 Å². The van der Waals surface area contributed by atoms with Crippen LogP contribution in [-0.2, 0) is 38.1 Å². The molecule has 0 heterocycles. The van der Waals surface area contributed by atoms with Crippen molar-refractivity contribution in [2.75, 3.05) is 26.4 Å². The molecule has 9 nitrogen and oxygen atoms in total. The summed E-state index contributed by atoms with van der Waals surface area (Å²) in [6, 6.07) is 8.63. The molecule has 1 unspecified atom stereocenters. The summed E-state index contributed by atoms with van der Waals surface area (Å²) in [5.74, 6) is -5.19. The van der Waals surface area contributed by atoms with Crippen LogP contribution in [-0.4, -0.2) is 56.1 Å². The Morgan fingerprint density at radius 2 is 1.13 bits per heavy atom. The Bertz CT molecular complexity index is 1030. The molecule has 0 N–H and O–H groups in total. The molecule has 1 aliphatic carbocycles. The highest BCUT2D eigenvalue weighted by molar-refractivity contribution is 6.16. The maximum absolute atomic E-state index is 13.8. The van der Waals surface area contributed by atoms with E-state index >= 15 is 0 Å². The third-order valence-corrected chi connectivity index (χ3v) is 6.94. The van der Waals surface area contributed by atoms with E-state index in [4.69, 9.17) is 18.9 Å². The highest BCUT2D eigenvalue weighted by Crippen LogP contribution is 2.58. The molecule has 0 radical (unpaired) electrons. The van der Waals surface area contributed by atoms with Gasteiger partial charge in [-0.3, -0.25) is 24.0 Å². The van der Waals surface area contributed by atoms with E-state index in [0.29, 0.717) is 23.1 Å². The Morgan fingerprint density at radius 1 is 0.711 bits per heavy atom. The van der Waals surface area contributed by atoms with Crippen LogP contribution in [0.4, 0.5) is 0 Å². The number of rotatable bonds is 11. The van der Waals surface area contributed by atoms with Crippen molar-refractivity contribution in [1.82, 2.24) is 0 Å². The summed E-state index contributed by atoms with van der Waals surface area (Å²) in [6.45, 7) is 9.28. The van der Waals surface area contributed by atoms with E-state index in [-0.39, 0.29) is 38.6 Å². The average molecular weight is 531 g/mol. The van der Waals surface area contributed by atoms with Gasteiger partial charge in [0.1, 0.15) is 0 Å². The monoisotopic (exact) mass is 530 g/mol. The smallest absolute Gasteiger partial charge is 0.325 e. The van der Waals surface area contributed by atoms with Crippen LogP contribution in [0, 0.1) is 16.7 Å². The zero-order chi connectivity index (χ0) is 28.5. The SMILES string of the molecule is CCOC(=O)C1(C(=O)OCC)C/C(=C(\CC)C(=O)c2ccccc2)C(C)CC1(C(=O)OCC)C(=O)OCC. The van der Waals surface area contributed by atoms with Crippen LogP contribution in [0.25, 0.3) is 0 Å². The number of benzene rings is 1. The molecule has 1 fully saturated rings. The molecule has 0 amide bonds. The van der Waals surface area contributed by atoms with Gasteiger partial charge in [-0.2, -0.15) is 0 Å². The van der Waals surface area contributed by atoms with Gasteiger partial charge in [-0.05, 0) is 58.4 Å². The van der Waals surface area contributed by atoms with E-state index in [1.165, 1.54) is 0 Å². The number of hydrogen-bond acceptors (Lipinski definition) is 9. The fourth-order valence-corrected chi connectivity index (χ4v) is 5.26. The first-order chi connectivity index (χ1) is 18.1. The van der Waals surface area contributed by atoms with E-state index < -0.39 is 47.0 Å². The zero-order valence-corrected chi connectivity index (χ0v) is 23.1. The Labute approximate surface area is 223 Å². The first-order valence-electron chi connectivity index (χ1n) is 13.1. The van der Waals surface area contributed by atoms with Crippen molar-refractivity contribution in [3.63, 3.8) is 0 Å². The molecular weight excluding hydrogens is 492 g/mol. The van der Waals surface area contributed by atoms with Crippen LogP contribution >= 0.6 is 0 Å². The van der Waals surface area contributed by atoms with Crippen LogP contribution in [0.2, 0.25) is 0 Å². The Balaban J connectivity index is 2.98. The zero-order valence-electron chi connectivity index (χ0n) is 23.1. The number of esters is 4. The summed E-state index contributed by atoms with van der Waals surface area (Å²) in [6.07, 6.45) is -0.463. The van der Waals surface area contributed by atoms with Gasteiger partial charge in [0.2, 0.25) is 0 Å². The molecule has 0 saturated heterocycles. The molecule has 9 heteroatoms. The predicted molar refractivity (Wildman–Crippen MR) is 138 cm³/mol. The number of Topliss-reactive ketones (excluding diaryl/α,β-unsaturated/α-hetero) is 1. The Kier molecular flexibility index (Phi) is 10.8. The molecule has 1 saturated carbocycles. The van der Waals surface area contributed by atoms with Gasteiger partial charge in [-0.1, -0.05) is 49.8 Å². The van der Waals surface area contributed by atoms with Gasteiger partial charge in [0.25, 0.3) is 0 Å². The van der Waals surface area contributed by atoms with Gasteiger partial charge in [0.05, 0.1) is 26.4 Å². The first-order valence-corrected chi connectivity index (χ1v) is 13.1. The third-order valence-electron chi connectivity index (χ3n) is 6.94. The highest BCUT2D eigenvalue weighted by atomic mass is 16.6. The lowest BCUT2D eigenvalue weighted by molar-refractivity contribution is -0.207. The minimum Gasteiger partial charge on any atom is -0.465 e. The molecule has 0 aliphatic heterocycles. The van der Waals surface area contributed by atoms with Gasteiger partial charge >= 0.3 is 23.9 Å². The third kappa shape index (κ3) is 5.37. The number of allylic oxidation sites excluding steroid dienone is 2. The summed E-state index contributed by atoms with van der Waals surface area (Å²) in [7, 11) is 0.